The molecule has 0 radical (unpaired) electrons. The summed E-state index contributed by atoms with van der Waals surface area (Å²) in [5.41, 5.74) is 0.0585. The molecule has 0 spiro atoms. The number of carbonyl (C=O) groups is 2. The van der Waals surface area contributed by atoms with Gasteiger partial charge in [-0.15, -0.1) is 0 Å². The van der Waals surface area contributed by atoms with E-state index in [0.29, 0.717) is 11.3 Å². The van der Waals surface area contributed by atoms with Gasteiger partial charge >= 0.3 is 11.9 Å². The van der Waals surface area contributed by atoms with Crippen molar-refractivity contribution in [2.75, 3.05) is 14.2 Å². The molecule has 1 atom stereocenters. The van der Waals surface area contributed by atoms with Gasteiger partial charge in [-0.25, -0.2) is 9.59 Å². The summed E-state index contributed by atoms with van der Waals surface area (Å²) in [7, 11) is 2.82. The number of phenols is 2. The van der Waals surface area contributed by atoms with Crippen LogP contribution in [0, 0.1) is 0 Å². The molecular formula is C17H14O8. The molecule has 1 heterocycles. The summed E-state index contributed by atoms with van der Waals surface area (Å²) in [5.74, 6) is -2.41. The molecule has 1 aliphatic heterocycles. The van der Waals surface area contributed by atoms with Crippen molar-refractivity contribution >= 4 is 11.9 Å². The number of carbonyl (C=O) groups excluding carboxylic acids is 1. The molecule has 1 unspecified atom stereocenters. The van der Waals surface area contributed by atoms with Crippen molar-refractivity contribution in [1.29, 1.82) is 0 Å². The van der Waals surface area contributed by atoms with Gasteiger partial charge in [0.05, 0.1) is 25.3 Å². The molecule has 0 fully saturated rings. The van der Waals surface area contributed by atoms with E-state index in [1.807, 2.05) is 0 Å². The normalized spacial score (nSPS) is 15.4. The van der Waals surface area contributed by atoms with Crippen LogP contribution in [0.25, 0.3) is 0 Å². The highest BCUT2D eigenvalue weighted by Gasteiger charge is 2.39. The molecule has 0 amide bonds. The summed E-state index contributed by atoms with van der Waals surface area (Å²) < 4.78 is 15.6. The van der Waals surface area contributed by atoms with Gasteiger partial charge in [0.15, 0.2) is 6.10 Å². The largest absolute Gasteiger partial charge is 0.507 e. The lowest BCUT2D eigenvalue weighted by atomic mass is 9.95. The van der Waals surface area contributed by atoms with E-state index in [0.717, 1.165) is 12.1 Å². The molecule has 2 aromatic carbocycles. The molecule has 25 heavy (non-hydrogen) atoms. The number of carboxylic acid groups (broad SMARTS) is 1. The van der Waals surface area contributed by atoms with E-state index in [9.17, 15) is 19.8 Å². The first-order valence-electron chi connectivity index (χ1n) is 7.13. The van der Waals surface area contributed by atoms with Crippen molar-refractivity contribution in [3.05, 3.63) is 46.5 Å². The summed E-state index contributed by atoms with van der Waals surface area (Å²) >= 11 is 0. The monoisotopic (exact) mass is 346 g/mol. The van der Waals surface area contributed by atoms with Crippen LogP contribution in [0.2, 0.25) is 0 Å². The van der Waals surface area contributed by atoms with E-state index >= 15 is 0 Å². The third kappa shape index (κ3) is 2.57. The number of methoxy groups -OCH3 is 2. The Bertz CT molecular complexity index is 863. The molecule has 3 rings (SSSR count). The second-order valence-corrected chi connectivity index (χ2v) is 5.31. The fourth-order valence-corrected chi connectivity index (χ4v) is 2.77. The first-order chi connectivity index (χ1) is 11.9. The van der Waals surface area contributed by atoms with Crippen molar-refractivity contribution < 1.29 is 39.1 Å². The standard InChI is InChI=1S/C17H14O8/c1-23-8-5-9-13(12(6-8)24-2)17(22)25-15(9)14-10(18)3-7(16(20)21)4-11(14)19/h3-6,15,18-19H,1-2H3,(H,20,21). The maximum absolute atomic E-state index is 12.2. The van der Waals surface area contributed by atoms with Crippen LogP contribution in [0.1, 0.15) is 37.9 Å². The second kappa shape index (κ2) is 5.90. The topological polar surface area (TPSA) is 123 Å². The number of aromatic hydroxyl groups is 2. The molecule has 3 N–H and O–H groups in total. The average molecular weight is 346 g/mol. The number of cyclic esters (lactones) is 1. The highest BCUT2D eigenvalue weighted by atomic mass is 16.6. The lowest BCUT2D eigenvalue weighted by Crippen LogP contribution is -2.04. The summed E-state index contributed by atoms with van der Waals surface area (Å²) in [6.07, 6.45) is -1.13. The van der Waals surface area contributed by atoms with E-state index in [2.05, 4.69) is 0 Å². The van der Waals surface area contributed by atoms with E-state index in [1.165, 1.54) is 26.4 Å². The lowest BCUT2D eigenvalue weighted by Gasteiger charge is -2.16. The van der Waals surface area contributed by atoms with E-state index in [4.69, 9.17) is 19.3 Å². The van der Waals surface area contributed by atoms with Gasteiger partial charge in [-0.05, 0) is 18.2 Å². The quantitative estimate of drug-likeness (QED) is 0.719. The SMILES string of the molecule is COc1cc(OC)c2c(c1)C(c1c(O)cc(C(=O)O)cc1O)OC2=O. The van der Waals surface area contributed by atoms with Gasteiger partial charge in [0.1, 0.15) is 28.6 Å². The van der Waals surface area contributed by atoms with Gasteiger partial charge in [0.25, 0.3) is 0 Å². The smallest absolute Gasteiger partial charge is 0.343 e. The summed E-state index contributed by atoms with van der Waals surface area (Å²) in [6.45, 7) is 0. The number of esters is 1. The summed E-state index contributed by atoms with van der Waals surface area (Å²) in [6, 6.07) is 4.98. The van der Waals surface area contributed by atoms with Crippen molar-refractivity contribution in [2.45, 2.75) is 6.10 Å². The Balaban J connectivity index is 2.20. The molecule has 2 aromatic rings. The number of hydrogen-bond donors (Lipinski definition) is 3. The number of aromatic carboxylic acids is 1. The van der Waals surface area contributed by atoms with Crippen molar-refractivity contribution in [3.8, 4) is 23.0 Å². The van der Waals surface area contributed by atoms with Crippen molar-refractivity contribution in [1.82, 2.24) is 0 Å². The van der Waals surface area contributed by atoms with Crippen LogP contribution in [0.4, 0.5) is 0 Å². The highest BCUT2D eigenvalue weighted by molar-refractivity contribution is 5.98. The van der Waals surface area contributed by atoms with E-state index in [1.54, 1.807) is 0 Å². The van der Waals surface area contributed by atoms with Gasteiger partial charge < -0.3 is 29.5 Å². The van der Waals surface area contributed by atoms with Gasteiger partial charge in [-0.2, -0.15) is 0 Å². The molecule has 0 aromatic heterocycles. The van der Waals surface area contributed by atoms with E-state index in [-0.39, 0.29) is 22.4 Å². The Hall–Kier alpha value is -3.42. The molecule has 1 aliphatic rings. The maximum atomic E-state index is 12.2. The molecule has 0 saturated carbocycles. The molecule has 0 aliphatic carbocycles. The second-order valence-electron chi connectivity index (χ2n) is 5.31. The average Bonchev–Trinajstić information content (AvgIpc) is 2.90. The summed E-state index contributed by atoms with van der Waals surface area (Å²) in [4.78, 5) is 23.2. The van der Waals surface area contributed by atoms with Gasteiger partial charge in [0.2, 0.25) is 0 Å². The minimum Gasteiger partial charge on any atom is -0.507 e. The first kappa shape index (κ1) is 16.4. The van der Waals surface area contributed by atoms with Crippen LogP contribution >= 0.6 is 0 Å². The van der Waals surface area contributed by atoms with Crippen LogP contribution in [-0.4, -0.2) is 41.5 Å². The van der Waals surface area contributed by atoms with Gasteiger partial charge in [-0.3, -0.25) is 0 Å². The van der Waals surface area contributed by atoms with E-state index < -0.39 is 29.5 Å². The number of benzene rings is 2. The minimum absolute atomic E-state index is 0.118. The molecule has 8 nitrogen and oxygen atoms in total. The zero-order valence-corrected chi connectivity index (χ0v) is 13.3. The number of phenolic OH excluding ortho intramolecular Hbond substituents is 2. The fourth-order valence-electron chi connectivity index (χ4n) is 2.77. The Kier molecular flexibility index (Phi) is 3.88. The molecular weight excluding hydrogens is 332 g/mol. The highest BCUT2D eigenvalue weighted by Crippen LogP contribution is 2.47. The fraction of sp³-hybridized carbons (Fsp3) is 0.176. The Labute approximate surface area is 141 Å². The molecule has 0 bridgehead atoms. The maximum Gasteiger partial charge on any atom is 0.343 e. The number of rotatable bonds is 4. The zero-order valence-electron chi connectivity index (χ0n) is 13.3. The van der Waals surface area contributed by atoms with Crippen molar-refractivity contribution in [2.24, 2.45) is 0 Å². The predicted octanol–water partition coefficient (Wildman–Crippen LogP) is 2.07. The number of carboxylic acids is 1. The molecule has 8 heteroatoms. The van der Waals surface area contributed by atoms with Gasteiger partial charge in [0, 0.05) is 11.6 Å². The summed E-state index contributed by atoms with van der Waals surface area (Å²) in [5, 5.41) is 29.3. The number of fused-ring (bicyclic) bond motifs is 1. The van der Waals surface area contributed by atoms with Crippen LogP contribution in [0.5, 0.6) is 23.0 Å². The first-order valence-corrected chi connectivity index (χ1v) is 7.13. The third-order valence-electron chi connectivity index (χ3n) is 3.92. The Morgan fingerprint density at radius 3 is 2.24 bits per heavy atom. The predicted molar refractivity (Wildman–Crippen MR) is 83.5 cm³/mol. The van der Waals surface area contributed by atoms with Crippen molar-refractivity contribution in [3.63, 3.8) is 0 Å². The van der Waals surface area contributed by atoms with Crippen LogP contribution in [0.3, 0.4) is 0 Å². The van der Waals surface area contributed by atoms with Crippen LogP contribution in [0.15, 0.2) is 24.3 Å². The number of hydrogen-bond acceptors (Lipinski definition) is 7. The van der Waals surface area contributed by atoms with Gasteiger partial charge in [-0.1, -0.05) is 0 Å². The van der Waals surface area contributed by atoms with Crippen LogP contribution in [-0.2, 0) is 4.74 Å². The third-order valence-corrected chi connectivity index (χ3v) is 3.92. The minimum atomic E-state index is -1.32. The molecule has 0 saturated heterocycles. The Morgan fingerprint density at radius 1 is 1.08 bits per heavy atom. The number of ether oxygens (including phenoxy) is 3. The zero-order chi connectivity index (χ0) is 18.3. The lowest BCUT2D eigenvalue weighted by molar-refractivity contribution is 0.0446. The van der Waals surface area contributed by atoms with Crippen LogP contribution < -0.4 is 9.47 Å². The Morgan fingerprint density at radius 2 is 1.72 bits per heavy atom. The molecule has 130 valence electrons.